The Morgan fingerprint density at radius 2 is 1.91 bits per heavy atom. The van der Waals surface area contributed by atoms with E-state index < -0.39 is 10.0 Å². The van der Waals surface area contributed by atoms with Crippen LogP contribution in [0.1, 0.15) is 25.5 Å². The maximum Gasteiger partial charge on any atom is 0.344 e. The average molecular weight is 506 g/mol. The molecule has 1 amide bonds. The van der Waals surface area contributed by atoms with Gasteiger partial charge < -0.3 is 4.90 Å². The Morgan fingerprint density at radius 3 is 2.56 bits per heavy atom. The average Bonchev–Trinajstić information content (AvgIpc) is 3.44. The van der Waals surface area contributed by atoms with Crippen molar-refractivity contribution in [3.63, 3.8) is 0 Å². The van der Waals surface area contributed by atoms with Gasteiger partial charge in [0.15, 0.2) is 5.82 Å². The van der Waals surface area contributed by atoms with E-state index in [4.69, 9.17) is 11.6 Å². The molecule has 1 aliphatic rings. The van der Waals surface area contributed by atoms with Gasteiger partial charge in [-0.2, -0.15) is 9.78 Å². The second-order valence-electron chi connectivity index (χ2n) is 8.68. The molecule has 0 bridgehead atoms. The van der Waals surface area contributed by atoms with Crippen molar-refractivity contribution in [2.75, 3.05) is 37.2 Å². The molecule has 2 aromatic heterocycles. The number of nitrogens with one attached hydrogen (secondary N) is 1. The molecule has 0 atom stereocenters. The highest BCUT2D eigenvalue weighted by atomic mass is 35.5. The predicted molar refractivity (Wildman–Crippen MR) is 131 cm³/mol. The van der Waals surface area contributed by atoms with Gasteiger partial charge in [0.25, 0.3) is 0 Å². The van der Waals surface area contributed by atoms with Gasteiger partial charge in [0, 0.05) is 73.4 Å². The molecule has 10 nitrogen and oxygen atoms in total. The molecule has 34 heavy (non-hydrogen) atoms. The monoisotopic (exact) mass is 505 g/mol. The topological polar surface area (TPSA) is 105 Å². The lowest BCUT2D eigenvalue weighted by Gasteiger charge is -2.34. The van der Waals surface area contributed by atoms with Gasteiger partial charge in [0.2, 0.25) is 10.0 Å². The summed E-state index contributed by atoms with van der Waals surface area (Å²) in [5.41, 5.74) is 3.08. The fraction of sp³-hybridized carbons (Fsp3) is 0.409. The number of carbonyl (C=O) groups is 1. The molecule has 0 unspecified atom stereocenters. The smallest absolute Gasteiger partial charge is 0.320 e. The lowest BCUT2D eigenvalue weighted by atomic mass is 10.1. The van der Waals surface area contributed by atoms with E-state index in [1.54, 1.807) is 4.90 Å². The summed E-state index contributed by atoms with van der Waals surface area (Å²) in [5.74, 6) is 0.118. The van der Waals surface area contributed by atoms with Crippen LogP contribution >= 0.6 is 11.6 Å². The first-order valence-electron chi connectivity index (χ1n) is 11.0. The van der Waals surface area contributed by atoms with Crippen LogP contribution in [0.4, 0.5) is 10.6 Å². The van der Waals surface area contributed by atoms with E-state index in [2.05, 4.69) is 39.7 Å². The number of rotatable bonds is 6. The summed E-state index contributed by atoms with van der Waals surface area (Å²) >= 11 is 6.47. The Hall–Kier alpha value is -2.89. The van der Waals surface area contributed by atoms with Crippen LogP contribution in [0.3, 0.4) is 0 Å². The van der Waals surface area contributed by atoms with E-state index in [9.17, 15) is 13.2 Å². The third-order valence-corrected chi connectivity index (χ3v) is 6.51. The normalized spacial score (nSPS) is 15.1. The van der Waals surface area contributed by atoms with Crippen molar-refractivity contribution in [3.8, 4) is 11.1 Å². The quantitative estimate of drug-likeness (QED) is 0.551. The maximum absolute atomic E-state index is 12.7. The van der Waals surface area contributed by atoms with Crippen LogP contribution < -0.4 is 4.72 Å². The molecule has 0 spiro atoms. The minimum Gasteiger partial charge on any atom is -0.320 e. The summed E-state index contributed by atoms with van der Waals surface area (Å²) in [6.45, 7) is 7.43. The minimum absolute atomic E-state index is 0.118. The van der Waals surface area contributed by atoms with Gasteiger partial charge in [-0.25, -0.2) is 13.2 Å². The number of nitrogens with zero attached hydrogens (tertiary/aromatic N) is 6. The molecular weight excluding hydrogens is 478 g/mol. The van der Waals surface area contributed by atoms with Crippen LogP contribution in [-0.2, 0) is 16.6 Å². The van der Waals surface area contributed by atoms with Crippen molar-refractivity contribution in [2.45, 2.75) is 26.4 Å². The highest BCUT2D eigenvalue weighted by molar-refractivity contribution is 7.92. The molecule has 0 radical (unpaired) electrons. The summed E-state index contributed by atoms with van der Waals surface area (Å²) < 4.78 is 28.0. The highest BCUT2D eigenvalue weighted by Crippen LogP contribution is 2.29. The van der Waals surface area contributed by atoms with Gasteiger partial charge in [0.05, 0.1) is 12.5 Å². The van der Waals surface area contributed by atoms with Crippen LogP contribution in [0.2, 0.25) is 5.02 Å². The number of carbonyl (C=O) groups excluding carboxylic acids is 1. The second-order valence-corrected chi connectivity index (χ2v) is 10.8. The van der Waals surface area contributed by atoms with E-state index in [1.165, 1.54) is 12.3 Å². The fourth-order valence-electron chi connectivity index (χ4n) is 3.83. The lowest BCUT2D eigenvalue weighted by Crippen LogP contribution is -2.49. The van der Waals surface area contributed by atoms with E-state index in [-0.39, 0.29) is 17.9 Å². The molecule has 1 fully saturated rings. The van der Waals surface area contributed by atoms with Crippen molar-refractivity contribution in [1.29, 1.82) is 0 Å². The molecule has 0 saturated carbocycles. The summed E-state index contributed by atoms with van der Waals surface area (Å²) in [7, 11) is -3.45. The van der Waals surface area contributed by atoms with E-state index in [1.807, 2.05) is 29.2 Å². The summed E-state index contributed by atoms with van der Waals surface area (Å²) in [6, 6.07) is 7.49. The van der Waals surface area contributed by atoms with Crippen LogP contribution in [0.15, 0.2) is 42.9 Å². The summed E-state index contributed by atoms with van der Waals surface area (Å²) in [6.07, 6.45) is 6.34. The van der Waals surface area contributed by atoms with Gasteiger partial charge in [-0.3, -0.25) is 14.3 Å². The Kier molecular flexibility index (Phi) is 6.96. The number of amides is 1. The van der Waals surface area contributed by atoms with Crippen LogP contribution in [0.5, 0.6) is 0 Å². The standard InChI is InChI=1S/C22H28ClN7O3S/c1-16(2)30-15-18(13-24-30)19-12-17(4-5-20(19)23)14-27-8-10-28(11-9-27)22(31)29-7-6-21(25-29)26-34(3,32)33/h4-7,12-13,15-16H,8-11,14H2,1-3H3,(H,25,26). The van der Waals surface area contributed by atoms with Crippen molar-refractivity contribution < 1.29 is 13.2 Å². The third kappa shape index (κ3) is 5.78. The lowest BCUT2D eigenvalue weighted by molar-refractivity contribution is 0.134. The number of sulfonamides is 1. The molecule has 12 heteroatoms. The molecule has 3 heterocycles. The Labute approximate surface area is 204 Å². The van der Waals surface area contributed by atoms with Gasteiger partial charge in [-0.15, -0.1) is 5.10 Å². The van der Waals surface area contributed by atoms with Gasteiger partial charge in [0.1, 0.15) is 0 Å². The first-order chi connectivity index (χ1) is 16.1. The number of piperazine rings is 1. The molecule has 1 aromatic carbocycles. The zero-order chi connectivity index (χ0) is 24.5. The van der Waals surface area contributed by atoms with Crippen LogP contribution in [-0.4, -0.2) is 76.2 Å². The van der Waals surface area contributed by atoms with Gasteiger partial charge >= 0.3 is 6.03 Å². The number of anilines is 1. The number of hydrogen-bond acceptors (Lipinski definition) is 6. The van der Waals surface area contributed by atoms with E-state index >= 15 is 0 Å². The number of hydrogen-bond donors (Lipinski definition) is 1. The van der Waals surface area contributed by atoms with Crippen LogP contribution in [0.25, 0.3) is 11.1 Å². The summed E-state index contributed by atoms with van der Waals surface area (Å²) in [4.78, 5) is 16.7. The first kappa shape index (κ1) is 24.2. The highest BCUT2D eigenvalue weighted by Gasteiger charge is 2.23. The molecule has 1 saturated heterocycles. The first-order valence-corrected chi connectivity index (χ1v) is 13.2. The Bertz CT molecular complexity index is 1280. The minimum atomic E-state index is -3.45. The number of aromatic nitrogens is 4. The van der Waals surface area contributed by atoms with Gasteiger partial charge in [-0.1, -0.05) is 17.7 Å². The van der Waals surface area contributed by atoms with E-state index in [0.29, 0.717) is 31.2 Å². The molecule has 4 rings (SSSR count). The Morgan fingerprint density at radius 1 is 1.18 bits per heavy atom. The summed E-state index contributed by atoms with van der Waals surface area (Å²) in [5, 5.41) is 9.12. The number of benzene rings is 1. The van der Waals surface area contributed by atoms with Crippen molar-refractivity contribution >= 4 is 33.5 Å². The van der Waals surface area contributed by atoms with Crippen LogP contribution in [0, 0.1) is 0 Å². The third-order valence-electron chi connectivity index (χ3n) is 5.60. The zero-order valence-electron chi connectivity index (χ0n) is 19.3. The largest absolute Gasteiger partial charge is 0.344 e. The zero-order valence-corrected chi connectivity index (χ0v) is 20.9. The number of halogens is 1. The van der Waals surface area contributed by atoms with Crippen molar-refractivity contribution in [2.24, 2.45) is 0 Å². The molecule has 0 aliphatic carbocycles. The molecule has 3 aromatic rings. The molecular formula is C22H28ClN7O3S. The Balaban J connectivity index is 1.36. The second kappa shape index (κ2) is 9.77. The van der Waals surface area contributed by atoms with E-state index in [0.717, 1.165) is 34.2 Å². The molecule has 182 valence electrons. The van der Waals surface area contributed by atoms with Gasteiger partial charge in [-0.05, 0) is 31.5 Å². The van der Waals surface area contributed by atoms with Crippen molar-refractivity contribution in [3.05, 3.63) is 53.4 Å². The fourth-order valence-corrected chi connectivity index (χ4v) is 4.54. The predicted octanol–water partition coefficient (Wildman–Crippen LogP) is 3.14. The SMILES string of the molecule is CC(C)n1cc(-c2cc(CN3CCN(C(=O)n4ccc(NS(C)(=O)=O)n4)CC3)ccc2Cl)cn1. The molecule has 1 aliphatic heterocycles. The maximum atomic E-state index is 12.7. The van der Waals surface area contributed by atoms with Crippen molar-refractivity contribution in [1.82, 2.24) is 29.4 Å². The molecule has 1 N–H and O–H groups in total.